The predicted molar refractivity (Wildman–Crippen MR) is 53.0 cm³/mol. The summed E-state index contributed by atoms with van der Waals surface area (Å²) in [6.45, 7) is 1.80. The molecular formula is C7H8ClNOS2. The molecule has 1 aliphatic heterocycles. The number of hydrogen-bond acceptors (Lipinski definition) is 4. The van der Waals surface area contributed by atoms with E-state index in [0.29, 0.717) is 9.72 Å². The third-order valence-corrected chi connectivity index (χ3v) is 4.11. The number of hydrogen-bond donors (Lipinski definition) is 0. The molecule has 0 unspecified atom stereocenters. The number of thioether (sulfide) groups is 1. The minimum absolute atomic E-state index is 0.635. The van der Waals surface area contributed by atoms with E-state index in [2.05, 4.69) is 4.98 Å². The van der Waals surface area contributed by atoms with Crippen molar-refractivity contribution in [2.24, 2.45) is 0 Å². The van der Waals surface area contributed by atoms with Gasteiger partial charge in [-0.05, 0) is 0 Å². The van der Waals surface area contributed by atoms with Gasteiger partial charge < -0.3 is 4.74 Å². The Balaban J connectivity index is 1.79. The van der Waals surface area contributed by atoms with E-state index >= 15 is 0 Å². The number of ether oxygens (including phenoxy) is 1. The Bertz CT molecular complexity index is 262. The van der Waals surface area contributed by atoms with Crippen molar-refractivity contribution in [1.82, 2.24) is 4.98 Å². The summed E-state index contributed by atoms with van der Waals surface area (Å²) in [5.41, 5.74) is 0. The number of rotatable bonds is 3. The molecule has 2 nitrogen and oxygen atoms in total. The number of nitrogens with zero attached hydrogens (tertiary/aromatic N) is 1. The molecule has 0 atom stereocenters. The Morgan fingerprint density at radius 1 is 1.75 bits per heavy atom. The van der Waals surface area contributed by atoms with E-state index in [1.54, 1.807) is 11.3 Å². The average Bonchev–Trinajstić information content (AvgIpc) is 2.32. The molecular weight excluding hydrogens is 214 g/mol. The zero-order chi connectivity index (χ0) is 8.39. The van der Waals surface area contributed by atoms with Crippen molar-refractivity contribution in [1.29, 1.82) is 0 Å². The Morgan fingerprint density at radius 3 is 3.08 bits per heavy atom. The van der Waals surface area contributed by atoms with Gasteiger partial charge in [-0.1, -0.05) is 11.6 Å². The van der Waals surface area contributed by atoms with Crippen molar-refractivity contribution in [3.05, 3.63) is 15.5 Å². The van der Waals surface area contributed by atoms with Crippen LogP contribution in [0.4, 0.5) is 0 Å². The van der Waals surface area contributed by atoms with Gasteiger partial charge in [0, 0.05) is 16.8 Å². The van der Waals surface area contributed by atoms with Crippen LogP contribution >= 0.6 is 34.7 Å². The molecule has 5 heteroatoms. The maximum absolute atomic E-state index is 5.70. The zero-order valence-electron chi connectivity index (χ0n) is 6.33. The molecule has 1 aliphatic rings. The first-order valence-electron chi connectivity index (χ1n) is 3.64. The lowest BCUT2D eigenvalue weighted by molar-refractivity contribution is 0.0455. The number of aromatic nitrogens is 1. The van der Waals surface area contributed by atoms with Crippen LogP contribution in [0.25, 0.3) is 0 Å². The van der Waals surface area contributed by atoms with Crippen LogP contribution in [0.3, 0.4) is 0 Å². The quantitative estimate of drug-likeness (QED) is 0.783. The zero-order valence-corrected chi connectivity index (χ0v) is 8.71. The largest absolute Gasteiger partial charge is 0.379 e. The molecule has 0 radical (unpaired) electrons. The first kappa shape index (κ1) is 8.81. The fourth-order valence-electron chi connectivity index (χ4n) is 0.861. The molecule has 2 heterocycles. The minimum Gasteiger partial charge on any atom is -0.379 e. The molecule has 0 aliphatic carbocycles. The van der Waals surface area contributed by atoms with Gasteiger partial charge in [0.2, 0.25) is 0 Å². The molecule has 2 rings (SSSR count). The second kappa shape index (κ2) is 3.96. The predicted octanol–water partition coefficient (Wildman–Crippen LogP) is 2.43. The normalized spacial score (nSPS) is 17.8. The molecule has 66 valence electrons. The topological polar surface area (TPSA) is 22.1 Å². The maximum atomic E-state index is 5.70. The van der Waals surface area contributed by atoms with Gasteiger partial charge in [0.15, 0.2) is 4.47 Å². The molecule has 1 aromatic rings. The molecule has 1 saturated heterocycles. The van der Waals surface area contributed by atoms with Crippen molar-refractivity contribution in [3.63, 3.8) is 0 Å². The van der Waals surface area contributed by atoms with Gasteiger partial charge in [-0.15, -0.1) is 23.1 Å². The van der Waals surface area contributed by atoms with E-state index in [1.807, 2.05) is 18.0 Å². The van der Waals surface area contributed by atoms with Crippen LogP contribution in [-0.2, 0) is 10.5 Å². The third kappa shape index (κ3) is 2.13. The highest BCUT2D eigenvalue weighted by atomic mass is 35.5. The highest BCUT2D eigenvalue weighted by Crippen LogP contribution is 2.27. The highest BCUT2D eigenvalue weighted by Gasteiger charge is 2.18. The summed E-state index contributed by atoms with van der Waals surface area (Å²) in [4.78, 5) is 5.22. The smallest absolute Gasteiger partial charge is 0.183 e. The van der Waals surface area contributed by atoms with E-state index < -0.39 is 0 Å². The summed E-state index contributed by atoms with van der Waals surface area (Å²) in [6.07, 6.45) is 1.85. The van der Waals surface area contributed by atoms with Crippen molar-refractivity contribution in [3.8, 4) is 0 Å². The Hall–Kier alpha value is 0.230. The summed E-state index contributed by atoms with van der Waals surface area (Å²) in [5, 5.41) is 0.686. The summed E-state index contributed by atoms with van der Waals surface area (Å²) < 4.78 is 5.70. The standard InChI is InChI=1S/C7H8ClNOS2/c8-7-9-1-5(12-7)4-11-6-2-10-3-6/h1,6H,2-4H2. The Labute approximate surface area is 84.3 Å². The first-order chi connectivity index (χ1) is 5.84. The summed E-state index contributed by atoms with van der Waals surface area (Å²) in [7, 11) is 0. The van der Waals surface area contributed by atoms with Gasteiger partial charge in [-0.25, -0.2) is 4.98 Å². The first-order valence-corrected chi connectivity index (χ1v) is 5.88. The lowest BCUT2D eigenvalue weighted by Crippen LogP contribution is -2.30. The van der Waals surface area contributed by atoms with Crippen LogP contribution in [0, 0.1) is 0 Å². The maximum Gasteiger partial charge on any atom is 0.183 e. The monoisotopic (exact) mass is 221 g/mol. The van der Waals surface area contributed by atoms with Crippen LogP contribution < -0.4 is 0 Å². The van der Waals surface area contributed by atoms with Gasteiger partial charge in [0.25, 0.3) is 0 Å². The molecule has 1 fully saturated rings. The van der Waals surface area contributed by atoms with Gasteiger partial charge in [0.1, 0.15) is 0 Å². The third-order valence-electron chi connectivity index (χ3n) is 1.59. The van der Waals surface area contributed by atoms with Crippen molar-refractivity contribution in [2.75, 3.05) is 13.2 Å². The van der Waals surface area contributed by atoms with Crippen LogP contribution in [0.2, 0.25) is 4.47 Å². The van der Waals surface area contributed by atoms with Crippen molar-refractivity contribution >= 4 is 34.7 Å². The number of halogens is 1. The van der Waals surface area contributed by atoms with E-state index in [0.717, 1.165) is 19.0 Å². The lowest BCUT2D eigenvalue weighted by atomic mass is 10.4. The van der Waals surface area contributed by atoms with Crippen LogP contribution in [0.15, 0.2) is 6.20 Å². The van der Waals surface area contributed by atoms with Crippen LogP contribution in [0.1, 0.15) is 4.88 Å². The second-order valence-corrected chi connectivity index (χ2v) is 5.54. The highest BCUT2D eigenvalue weighted by molar-refractivity contribution is 7.99. The summed E-state index contributed by atoms with van der Waals surface area (Å²) >= 11 is 9.17. The van der Waals surface area contributed by atoms with E-state index in [1.165, 1.54) is 4.88 Å². The fourth-order valence-corrected chi connectivity index (χ4v) is 2.93. The Kier molecular flexibility index (Phi) is 2.91. The second-order valence-electron chi connectivity index (χ2n) is 2.55. The average molecular weight is 222 g/mol. The molecule has 0 bridgehead atoms. The summed E-state index contributed by atoms with van der Waals surface area (Å²) in [5.74, 6) is 1.01. The van der Waals surface area contributed by atoms with Gasteiger partial charge in [-0.2, -0.15) is 0 Å². The lowest BCUT2D eigenvalue weighted by Gasteiger charge is -2.24. The van der Waals surface area contributed by atoms with Gasteiger partial charge >= 0.3 is 0 Å². The molecule has 0 spiro atoms. The van der Waals surface area contributed by atoms with Crippen molar-refractivity contribution in [2.45, 2.75) is 11.0 Å². The fraction of sp³-hybridized carbons (Fsp3) is 0.571. The molecule has 0 saturated carbocycles. The molecule has 1 aromatic heterocycles. The van der Waals surface area contributed by atoms with E-state index in [4.69, 9.17) is 16.3 Å². The van der Waals surface area contributed by atoms with Crippen LogP contribution in [0.5, 0.6) is 0 Å². The molecule has 0 amide bonds. The number of thiazole rings is 1. The molecule has 0 aromatic carbocycles. The van der Waals surface area contributed by atoms with E-state index in [9.17, 15) is 0 Å². The van der Waals surface area contributed by atoms with Crippen LogP contribution in [-0.4, -0.2) is 23.4 Å². The molecule has 0 N–H and O–H groups in total. The Morgan fingerprint density at radius 2 is 2.58 bits per heavy atom. The van der Waals surface area contributed by atoms with Gasteiger partial charge in [0.05, 0.1) is 18.5 Å². The SMILES string of the molecule is Clc1ncc(CSC2COC2)s1. The van der Waals surface area contributed by atoms with E-state index in [-0.39, 0.29) is 0 Å². The van der Waals surface area contributed by atoms with Gasteiger partial charge in [-0.3, -0.25) is 0 Å². The summed E-state index contributed by atoms with van der Waals surface area (Å²) in [6, 6.07) is 0. The minimum atomic E-state index is 0.635. The molecule has 12 heavy (non-hydrogen) atoms. The van der Waals surface area contributed by atoms with Crippen molar-refractivity contribution < 1.29 is 4.74 Å².